The summed E-state index contributed by atoms with van der Waals surface area (Å²) in [4.78, 5) is 10.8. The Kier molecular flexibility index (Phi) is 3.24. The van der Waals surface area contributed by atoms with Gasteiger partial charge in [-0.15, -0.1) is 0 Å². The summed E-state index contributed by atoms with van der Waals surface area (Å²) in [5.74, 6) is 0.422. The smallest absolute Gasteiger partial charge is 0.150 e. The lowest BCUT2D eigenvalue weighted by molar-refractivity contribution is 0.112. The van der Waals surface area contributed by atoms with Gasteiger partial charge < -0.3 is 0 Å². The van der Waals surface area contributed by atoms with Crippen molar-refractivity contribution < 1.29 is 4.79 Å². The van der Waals surface area contributed by atoms with E-state index in [4.69, 9.17) is 0 Å². The van der Waals surface area contributed by atoms with Crippen LogP contribution in [0.25, 0.3) is 0 Å². The number of hydrogen-bond acceptors (Lipinski definition) is 1. The van der Waals surface area contributed by atoms with Crippen molar-refractivity contribution in [1.82, 2.24) is 0 Å². The van der Waals surface area contributed by atoms with Gasteiger partial charge in [0.2, 0.25) is 0 Å². The highest BCUT2D eigenvalue weighted by Crippen LogP contribution is 2.19. The average molecular weight is 176 g/mol. The highest BCUT2D eigenvalue weighted by atomic mass is 16.1. The Bertz CT molecular complexity index is 300. The summed E-state index contributed by atoms with van der Waals surface area (Å²) < 4.78 is 0. The number of hydrogen-bond donors (Lipinski definition) is 0. The van der Waals surface area contributed by atoms with E-state index in [0.29, 0.717) is 5.92 Å². The molecule has 0 aliphatic carbocycles. The average Bonchev–Trinajstić information content (AvgIpc) is 2.16. The molecule has 13 heavy (non-hydrogen) atoms. The Morgan fingerprint density at radius 1 is 1.38 bits per heavy atom. The standard InChI is InChI=1S/C12H16O/c1-4-10-5-6-12(9(2)3)11(7-10)8-13/h5-9H,4H2,1-3H3. The maximum atomic E-state index is 10.8. The van der Waals surface area contributed by atoms with Gasteiger partial charge in [0.1, 0.15) is 6.29 Å². The molecule has 0 spiro atoms. The summed E-state index contributed by atoms with van der Waals surface area (Å²) in [7, 11) is 0. The molecule has 1 heteroatoms. The van der Waals surface area contributed by atoms with E-state index in [1.54, 1.807) is 0 Å². The zero-order valence-electron chi connectivity index (χ0n) is 8.50. The van der Waals surface area contributed by atoms with Crippen molar-refractivity contribution in [2.24, 2.45) is 0 Å². The fourth-order valence-corrected chi connectivity index (χ4v) is 1.47. The van der Waals surface area contributed by atoms with E-state index in [1.807, 2.05) is 6.07 Å². The minimum atomic E-state index is 0.422. The van der Waals surface area contributed by atoms with E-state index in [1.165, 1.54) is 5.56 Å². The van der Waals surface area contributed by atoms with E-state index in [9.17, 15) is 4.79 Å². The predicted molar refractivity (Wildman–Crippen MR) is 55.3 cm³/mol. The summed E-state index contributed by atoms with van der Waals surface area (Å²) in [6, 6.07) is 6.15. The van der Waals surface area contributed by atoms with Gasteiger partial charge in [-0.25, -0.2) is 0 Å². The van der Waals surface area contributed by atoms with Crippen LogP contribution < -0.4 is 0 Å². The summed E-state index contributed by atoms with van der Waals surface area (Å²) in [6.45, 7) is 6.31. The minimum absolute atomic E-state index is 0.422. The van der Waals surface area contributed by atoms with Gasteiger partial charge in [-0.3, -0.25) is 4.79 Å². The van der Waals surface area contributed by atoms with E-state index < -0.39 is 0 Å². The van der Waals surface area contributed by atoms with Crippen molar-refractivity contribution in [1.29, 1.82) is 0 Å². The molecule has 1 rings (SSSR count). The molecule has 0 unspecified atom stereocenters. The second kappa shape index (κ2) is 4.22. The molecule has 0 aliphatic heterocycles. The van der Waals surface area contributed by atoms with Crippen LogP contribution in [-0.4, -0.2) is 6.29 Å². The molecule has 0 atom stereocenters. The molecule has 0 radical (unpaired) electrons. The molecule has 0 fully saturated rings. The molecule has 1 nitrogen and oxygen atoms in total. The quantitative estimate of drug-likeness (QED) is 0.646. The molecule has 1 aromatic rings. The summed E-state index contributed by atoms with van der Waals surface area (Å²) >= 11 is 0. The van der Waals surface area contributed by atoms with Crippen molar-refractivity contribution in [3.63, 3.8) is 0 Å². The minimum Gasteiger partial charge on any atom is -0.298 e. The summed E-state index contributed by atoms with van der Waals surface area (Å²) in [5, 5.41) is 0. The molecule has 0 aliphatic rings. The molecule has 1 aromatic carbocycles. The van der Waals surface area contributed by atoms with Crippen LogP contribution in [0.2, 0.25) is 0 Å². The van der Waals surface area contributed by atoms with E-state index in [0.717, 1.165) is 23.8 Å². The van der Waals surface area contributed by atoms with Crippen LogP contribution >= 0.6 is 0 Å². The highest BCUT2D eigenvalue weighted by molar-refractivity contribution is 5.78. The largest absolute Gasteiger partial charge is 0.298 e. The number of carbonyl (C=O) groups excluding carboxylic acids is 1. The van der Waals surface area contributed by atoms with Gasteiger partial charge in [0.15, 0.2) is 0 Å². The van der Waals surface area contributed by atoms with Crippen molar-refractivity contribution in [2.45, 2.75) is 33.1 Å². The molecule has 0 saturated carbocycles. The Balaban J connectivity index is 3.15. The third kappa shape index (κ3) is 2.18. The zero-order chi connectivity index (χ0) is 9.84. The van der Waals surface area contributed by atoms with Gasteiger partial charge in [-0.05, 0) is 29.5 Å². The number of benzene rings is 1. The van der Waals surface area contributed by atoms with Crippen LogP contribution in [0, 0.1) is 0 Å². The first-order valence-electron chi connectivity index (χ1n) is 4.77. The first kappa shape index (κ1) is 9.97. The van der Waals surface area contributed by atoms with Crippen LogP contribution in [0.4, 0.5) is 0 Å². The fourth-order valence-electron chi connectivity index (χ4n) is 1.47. The number of rotatable bonds is 3. The molecular weight excluding hydrogens is 160 g/mol. The molecule has 0 amide bonds. The molecule has 0 bridgehead atoms. The number of aryl methyl sites for hydroxylation is 1. The van der Waals surface area contributed by atoms with Crippen molar-refractivity contribution in [3.8, 4) is 0 Å². The Morgan fingerprint density at radius 2 is 2.08 bits per heavy atom. The number of aldehydes is 1. The van der Waals surface area contributed by atoms with Crippen molar-refractivity contribution in [2.75, 3.05) is 0 Å². The van der Waals surface area contributed by atoms with Crippen molar-refractivity contribution in [3.05, 3.63) is 34.9 Å². The molecule has 0 N–H and O–H groups in total. The monoisotopic (exact) mass is 176 g/mol. The van der Waals surface area contributed by atoms with Crippen LogP contribution in [-0.2, 0) is 6.42 Å². The lowest BCUT2D eigenvalue weighted by Gasteiger charge is -2.09. The summed E-state index contributed by atoms with van der Waals surface area (Å²) in [5.41, 5.74) is 3.22. The second-order valence-electron chi connectivity index (χ2n) is 3.59. The van der Waals surface area contributed by atoms with E-state index in [-0.39, 0.29) is 0 Å². The maximum Gasteiger partial charge on any atom is 0.150 e. The highest BCUT2D eigenvalue weighted by Gasteiger charge is 2.05. The summed E-state index contributed by atoms with van der Waals surface area (Å²) in [6.07, 6.45) is 1.94. The first-order valence-corrected chi connectivity index (χ1v) is 4.77. The Hall–Kier alpha value is -1.11. The van der Waals surface area contributed by atoms with E-state index >= 15 is 0 Å². The number of carbonyl (C=O) groups is 1. The first-order chi connectivity index (χ1) is 6.19. The van der Waals surface area contributed by atoms with Crippen LogP contribution in [0.1, 0.15) is 48.2 Å². The van der Waals surface area contributed by atoms with Gasteiger partial charge in [0, 0.05) is 5.56 Å². The molecule has 70 valence electrons. The molecule has 0 heterocycles. The molecular formula is C12H16O. The Labute approximate surface area is 79.8 Å². The lowest BCUT2D eigenvalue weighted by atomic mass is 9.95. The maximum absolute atomic E-state index is 10.8. The SMILES string of the molecule is CCc1ccc(C(C)C)c(C=O)c1. The Morgan fingerprint density at radius 3 is 2.54 bits per heavy atom. The van der Waals surface area contributed by atoms with Gasteiger partial charge in [-0.1, -0.05) is 32.9 Å². The van der Waals surface area contributed by atoms with Gasteiger partial charge in [0.05, 0.1) is 0 Å². The topological polar surface area (TPSA) is 17.1 Å². The van der Waals surface area contributed by atoms with Crippen molar-refractivity contribution >= 4 is 6.29 Å². The van der Waals surface area contributed by atoms with Crippen LogP contribution in [0.3, 0.4) is 0 Å². The fraction of sp³-hybridized carbons (Fsp3) is 0.417. The van der Waals surface area contributed by atoms with Gasteiger partial charge in [0.25, 0.3) is 0 Å². The second-order valence-corrected chi connectivity index (χ2v) is 3.59. The third-order valence-electron chi connectivity index (χ3n) is 2.31. The third-order valence-corrected chi connectivity index (χ3v) is 2.31. The van der Waals surface area contributed by atoms with Crippen LogP contribution in [0.5, 0.6) is 0 Å². The molecule has 0 aromatic heterocycles. The lowest BCUT2D eigenvalue weighted by Crippen LogP contribution is -1.96. The normalized spacial score (nSPS) is 10.5. The zero-order valence-corrected chi connectivity index (χ0v) is 8.50. The molecule has 0 saturated heterocycles. The van der Waals surface area contributed by atoms with Crippen LogP contribution in [0.15, 0.2) is 18.2 Å². The van der Waals surface area contributed by atoms with E-state index in [2.05, 4.69) is 32.9 Å². The predicted octanol–water partition coefficient (Wildman–Crippen LogP) is 3.18. The van der Waals surface area contributed by atoms with Gasteiger partial charge >= 0.3 is 0 Å². The van der Waals surface area contributed by atoms with Gasteiger partial charge in [-0.2, -0.15) is 0 Å².